The Morgan fingerprint density at radius 2 is 1.69 bits per heavy atom. The molecule has 0 bridgehead atoms. The molecule has 2 rings (SSSR count). The number of hydrogen-bond donors (Lipinski definition) is 1. The Morgan fingerprint density at radius 3 is 2.31 bits per heavy atom. The highest BCUT2D eigenvalue weighted by Crippen LogP contribution is 2.13. The van der Waals surface area contributed by atoms with Gasteiger partial charge in [0.15, 0.2) is 6.61 Å². The van der Waals surface area contributed by atoms with Crippen molar-refractivity contribution in [2.24, 2.45) is 0 Å². The van der Waals surface area contributed by atoms with E-state index in [9.17, 15) is 9.59 Å². The third kappa shape index (κ3) is 7.26. The van der Waals surface area contributed by atoms with Crippen molar-refractivity contribution in [1.82, 2.24) is 10.2 Å². The molecule has 2 aromatic rings. The molecule has 0 radical (unpaired) electrons. The molecule has 2 atom stereocenters. The fourth-order valence-electron chi connectivity index (χ4n) is 2.90. The summed E-state index contributed by atoms with van der Waals surface area (Å²) in [7, 11) is 0. The maximum atomic E-state index is 12.9. The van der Waals surface area contributed by atoms with E-state index >= 15 is 0 Å². The second-order valence-electron chi connectivity index (χ2n) is 7.42. The molecule has 0 spiro atoms. The van der Waals surface area contributed by atoms with Gasteiger partial charge in [0.2, 0.25) is 5.91 Å². The Hall–Kier alpha value is -2.82. The first-order valence-corrected chi connectivity index (χ1v) is 10.2. The second kappa shape index (κ2) is 11.2. The summed E-state index contributed by atoms with van der Waals surface area (Å²) in [5.41, 5.74) is 2.25. The van der Waals surface area contributed by atoms with Crippen LogP contribution >= 0.6 is 0 Å². The van der Waals surface area contributed by atoms with E-state index in [1.807, 2.05) is 75.4 Å². The van der Waals surface area contributed by atoms with Gasteiger partial charge < -0.3 is 15.0 Å². The molecule has 5 nitrogen and oxygen atoms in total. The molecule has 0 aliphatic rings. The van der Waals surface area contributed by atoms with Gasteiger partial charge in [0, 0.05) is 12.6 Å². The van der Waals surface area contributed by atoms with Crippen LogP contribution in [-0.2, 0) is 16.0 Å². The van der Waals surface area contributed by atoms with Gasteiger partial charge >= 0.3 is 0 Å². The van der Waals surface area contributed by atoms with E-state index in [2.05, 4.69) is 5.32 Å². The first kappa shape index (κ1) is 22.5. The minimum Gasteiger partial charge on any atom is -0.484 e. The first-order valence-electron chi connectivity index (χ1n) is 10.2. The highest BCUT2D eigenvalue weighted by Gasteiger charge is 2.26. The number of carbonyl (C=O) groups is 2. The highest BCUT2D eigenvalue weighted by molar-refractivity contribution is 5.88. The van der Waals surface area contributed by atoms with Gasteiger partial charge in [-0.1, -0.05) is 55.0 Å². The SMILES string of the molecule is CC[C@@H](C)NC(=O)[C@@H](C)N(CCc1ccccc1)C(=O)COc1ccc(C)cc1. The molecule has 0 saturated heterocycles. The number of ether oxygens (including phenoxy) is 1. The summed E-state index contributed by atoms with van der Waals surface area (Å²) >= 11 is 0. The summed E-state index contributed by atoms with van der Waals surface area (Å²) in [6.07, 6.45) is 1.52. The highest BCUT2D eigenvalue weighted by atomic mass is 16.5. The maximum Gasteiger partial charge on any atom is 0.261 e. The zero-order valence-corrected chi connectivity index (χ0v) is 17.9. The summed E-state index contributed by atoms with van der Waals surface area (Å²) in [4.78, 5) is 27.2. The number of aryl methyl sites for hydroxylation is 1. The van der Waals surface area contributed by atoms with Crippen molar-refractivity contribution in [3.8, 4) is 5.75 Å². The van der Waals surface area contributed by atoms with Crippen LogP contribution in [0.15, 0.2) is 54.6 Å². The average molecular weight is 397 g/mol. The van der Waals surface area contributed by atoms with E-state index in [0.29, 0.717) is 18.7 Å². The van der Waals surface area contributed by atoms with E-state index in [0.717, 1.165) is 17.5 Å². The molecule has 0 aromatic heterocycles. The molecule has 0 aliphatic heterocycles. The molecular weight excluding hydrogens is 364 g/mol. The Balaban J connectivity index is 2.05. The minimum absolute atomic E-state index is 0.0693. The Kier molecular flexibility index (Phi) is 8.71. The van der Waals surface area contributed by atoms with Crippen molar-refractivity contribution >= 4 is 11.8 Å². The van der Waals surface area contributed by atoms with E-state index in [1.165, 1.54) is 0 Å². The number of amides is 2. The normalized spacial score (nSPS) is 12.7. The summed E-state index contributed by atoms with van der Waals surface area (Å²) in [6.45, 7) is 8.10. The molecule has 5 heteroatoms. The topological polar surface area (TPSA) is 58.6 Å². The first-order chi connectivity index (χ1) is 13.9. The van der Waals surface area contributed by atoms with Crippen molar-refractivity contribution in [2.45, 2.75) is 52.6 Å². The van der Waals surface area contributed by atoms with Gasteiger partial charge in [-0.05, 0) is 51.3 Å². The lowest BCUT2D eigenvalue weighted by Crippen LogP contribution is -2.51. The van der Waals surface area contributed by atoms with Crippen LogP contribution in [0.5, 0.6) is 5.75 Å². The van der Waals surface area contributed by atoms with Gasteiger partial charge in [0.05, 0.1) is 0 Å². The van der Waals surface area contributed by atoms with E-state index in [4.69, 9.17) is 4.74 Å². The molecule has 0 fully saturated rings. The fraction of sp³-hybridized carbons (Fsp3) is 0.417. The van der Waals surface area contributed by atoms with Gasteiger partial charge in [-0.2, -0.15) is 0 Å². The van der Waals surface area contributed by atoms with Crippen molar-refractivity contribution in [1.29, 1.82) is 0 Å². The predicted octanol–water partition coefficient (Wildman–Crippen LogP) is 3.75. The summed E-state index contributed by atoms with van der Waals surface area (Å²) < 4.78 is 5.67. The van der Waals surface area contributed by atoms with Crippen LogP contribution in [0.25, 0.3) is 0 Å². The molecule has 1 N–H and O–H groups in total. The Morgan fingerprint density at radius 1 is 1.03 bits per heavy atom. The van der Waals surface area contributed by atoms with Crippen LogP contribution in [0.1, 0.15) is 38.3 Å². The van der Waals surface area contributed by atoms with Crippen LogP contribution in [0.2, 0.25) is 0 Å². The molecule has 0 heterocycles. The van der Waals surface area contributed by atoms with Crippen LogP contribution in [0, 0.1) is 6.92 Å². The number of rotatable bonds is 10. The molecule has 0 unspecified atom stereocenters. The standard InChI is InChI=1S/C24H32N2O3/c1-5-19(3)25-24(28)20(4)26(16-15-21-9-7-6-8-10-21)23(27)17-29-22-13-11-18(2)12-14-22/h6-14,19-20H,5,15-17H2,1-4H3,(H,25,28)/t19-,20-/m1/s1. The molecule has 2 aromatic carbocycles. The molecule has 0 aliphatic carbocycles. The van der Waals surface area contributed by atoms with E-state index in [1.54, 1.807) is 11.8 Å². The number of nitrogens with zero attached hydrogens (tertiary/aromatic N) is 1. The minimum atomic E-state index is -0.568. The number of nitrogens with one attached hydrogen (secondary N) is 1. The van der Waals surface area contributed by atoms with Crippen LogP contribution in [-0.4, -0.2) is 41.9 Å². The molecule has 156 valence electrons. The molecule has 0 saturated carbocycles. The van der Waals surface area contributed by atoms with Gasteiger partial charge in [-0.15, -0.1) is 0 Å². The summed E-state index contributed by atoms with van der Waals surface area (Å²) in [5, 5.41) is 2.97. The van der Waals surface area contributed by atoms with Gasteiger partial charge in [0.25, 0.3) is 5.91 Å². The zero-order valence-electron chi connectivity index (χ0n) is 17.9. The lowest BCUT2D eigenvalue weighted by molar-refractivity contribution is -0.141. The molecule has 2 amide bonds. The van der Waals surface area contributed by atoms with Crippen molar-refractivity contribution in [3.63, 3.8) is 0 Å². The third-order valence-corrected chi connectivity index (χ3v) is 5.04. The third-order valence-electron chi connectivity index (χ3n) is 5.04. The smallest absolute Gasteiger partial charge is 0.261 e. The molecular formula is C24H32N2O3. The maximum absolute atomic E-state index is 12.9. The van der Waals surface area contributed by atoms with E-state index in [-0.39, 0.29) is 24.5 Å². The van der Waals surface area contributed by atoms with Crippen LogP contribution in [0.4, 0.5) is 0 Å². The predicted molar refractivity (Wildman–Crippen MR) is 116 cm³/mol. The summed E-state index contributed by atoms with van der Waals surface area (Å²) in [6, 6.07) is 17.0. The lowest BCUT2D eigenvalue weighted by Gasteiger charge is -2.29. The summed E-state index contributed by atoms with van der Waals surface area (Å²) in [5.74, 6) is 0.299. The Labute approximate surface area is 174 Å². The Bertz CT molecular complexity index is 774. The lowest BCUT2D eigenvalue weighted by atomic mass is 10.1. The van der Waals surface area contributed by atoms with Crippen LogP contribution < -0.4 is 10.1 Å². The number of benzene rings is 2. The molecule has 29 heavy (non-hydrogen) atoms. The van der Waals surface area contributed by atoms with Gasteiger partial charge in [-0.25, -0.2) is 0 Å². The van der Waals surface area contributed by atoms with Gasteiger partial charge in [0.1, 0.15) is 11.8 Å². The van der Waals surface area contributed by atoms with Crippen molar-refractivity contribution < 1.29 is 14.3 Å². The second-order valence-corrected chi connectivity index (χ2v) is 7.42. The van der Waals surface area contributed by atoms with Crippen molar-refractivity contribution in [3.05, 3.63) is 65.7 Å². The fourth-order valence-corrected chi connectivity index (χ4v) is 2.90. The van der Waals surface area contributed by atoms with Crippen LogP contribution in [0.3, 0.4) is 0 Å². The van der Waals surface area contributed by atoms with Gasteiger partial charge in [-0.3, -0.25) is 9.59 Å². The number of carbonyl (C=O) groups excluding carboxylic acids is 2. The quantitative estimate of drug-likeness (QED) is 0.665. The van der Waals surface area contributed by atoms with Crippen molar-refractivity contribution in [2.75, 3.05) is 13.2 Å². The number of hydrogen-bond acceptors (Lipinski definition) is 3. The largest absolute Gasteiger partial charge is 0.484 e. The van der Waals surface area contributed by atoms with E-state index < -0.39 is 6.04 Å². The average Bonchev–Trinajstić information content (AvgIpc) is 2.73. The zero-order chi connectivity index (χ0) is 21.2. The monoisotopic (exact) mass is 396 g/mol.